The van der Waals surface area contributed by atoms with E-state index in [2.05, 4.69) is 4.52 Å². The molecule has 1 rings (SSSR count). The van der Waals surface area contributed by atoms with E-state index in [9.17, 15) is 4.57 Å². The molecule has 1 aromatic carbocycles. The molecule has 0 aliphatic rings. The Labute approximate surface area is 99.9 Å². The van der Waals surface area contributed by atoms with Crippen LogP contribution < -0.4 is 34.1 Å². The minimum absolute atomic E-state index is 0. The van der Waals surface area contributed by atoms with Crippen molar-refractivity contribution in [2.75, 3.05) is 0 Å². The van der Waals surface area contributed by atoms with Crippen LogP contribution in [0.1, 0.15) is 6.99 Å². The van der Waals surface area contributed by atoms with Gasteiger partial charge in [-0.2, -0.15) is 0 Å². The van der Waals surface area contributed by atoms with Gasteiger partial charge in [0.1, 0.15) is 5.75 Å². The molecule has 1 aromatic rings. The van der Waals surface area contributed by atoms with Gasteiger partial charge in [-0.3, -0.25) is 9.79 Å². The average molecular weight is 212 g/mol. The van der Waals surface area contributed by atoms with E-state index in [0.717, 1.165) is 5.56 Å². The number of rotatable bonds is 2. The van der Waals surface area contributed by atoms with Gasteiger partial charge >= 0.3 is 37.4 Å². The Morgan fingerprint density at radius 3 is 2.15 bits per heavy atom. The monoisotopic (exact) mass is 212 g/mol. The zero-order valence-electron chi connectivity index (χ0n) is 8.47. The van der Waals surface area contributed by atoms with E-state index in [-0.39, 0.29) is 36.7 Å². The molecular formula is C7H10NaO4P. The molecule has 0 spiro atoms. The summed E-state index contributed by atoms with van der Waals surface area (Å²) in [5.41, 5.74) is 1.01. The first kappa shape index (κ1) is 13.2. The molecule has 0 radical (unpaired) electrons. The van der Waals surface area contributed by atoms with Crippen LogP contribution in [0, 0.1) is 6.92 Å². The molecule has 13 heavy (non-hydrogen) atoms. The molecular weight excluding hydrogens is 202 g/mol. The molecule has 0 saturated carbocycles. The predicted molar refractivity (Wildman–Crippen MR) is 45.0 cm³/mol. The molecule has 0 amide bonds. The van der Waals surface area contributed by atoms with Crippen molar-refractivity contribution in [3.8, 4) is 5.75 Å². The van der Waals surface area contributed by atoms with Crippen LogP contribution in [0.5, 0.6) is 5.75 Å². The van der Waals surface area contributed by atoms with Crippen LogP contribution in [0.25, 0.3) is 0 Å². The molecule has 2 N–H and O–H groups in total. The Kier molecular flexibility index (Phi) is 5.22. The third-order valence-electron chi connectivity index (χ3n) is 1.25. The van der Waals surface area contributed by atoms with Gasteiger partial charge in [-0.1, -0.05) is 17.7 Å². The molecule has 0 atom stereocenters. The van der Waals surface area contributed by atoms with Crippen molar-refractivity contribution in [2.24, 2.45) is 0 Å². The van der Waals surface area contributed by atoms with Crippen LogP contribution >= 0.6 is 7.82 Å². The first-order chi connectivity index (χ1) is 5.47. The normalized spacial score (nSPS) is 10.4. The first-order valence-corrected chi connectivity index (χ1v) is 4.82. The van der Waals surface area contributed by atoms with Gasteiger partial charge in [0.15, 0.2) is 0 Å². The van der Waals surface area contributed by atoms with E-state index >= 15 is 0 Å². The summed E-state index contributed by atoms with van der Waals surface area (Å²) in [6.07, 6.45) is 0. The van der Waals surface area contributed by atoms with Crippen molar-refractivity contribution in [1.29, 1.82) is 0 Å². The van der Waals surface area contributed by atoms with Crippen LogP contribution in [0.3, 0.4) is 0 Å². The van der Waals surface area contributed by atoms with E-state index in [4.69, 9.17) is 9.79 Å². The van der Waals surface area contributed by atoms with Gasteiger partial charge < -0.3 is 5.95 Å². The van der Waals surface area contributed by atoms with Gasteiger partial charge in [-0.25, -0.2) is 4.57 Å². The van der Waals surface area contributed by atoms with Crippen LogP contribution in [0.2, 0.25) is 0 Å². The molecule has 0 saturated heterocycles. The fourth-order valence-electron chi connectivity index (χ4n) is 0.736. The number of phosphoric acid groups is 1. The van der Waals surface area contributed by atoms with E-state index < -0.39 is 7.82 Å². The third kappa shape index (κ3) is 5.47. The fourth-order valence-corrected chi connectivity index (χ4v) is 1.13. The number of aryl methyl sites for hydroxylation is 1. The zero-order chi connectivity index (χ0) is 9.19. The molecule has 0 fully saturated rings. The maximum Gasteiger partial charge on any atom is 1.00 e. The maximum atomic E-state index is 10.4. The van der Waals surface area contributed by atoms with Crippen molar-refractivity contribution in [1.82, 2.24) is 0 Å². The number of benzene rings is 1. The fraction of sp³-hybridized carbons (Fsp3) is 0.143. The van der Waals surface area contributed by atoms with Gasteiger partial charge in [0.25, 0.3) is 0 Å². The Morgan fingerprint density at radius 1 is 1.31 bits per heavy atom. The van der Waals surface area contributed by atoms with Crippen molar-refractivity contribution < 1.29 is 49.9 Å². The standard InChI is InChI=1S/C7H9O4P.Na.H/c1-6-2-4-7(5-3-6)11-12(8,9)10;;/h2-5H,1H3,(H2,8,9,10);;/q;+1;-1. The van der Waals surface area contributed by atoms with E-state index in [1.165, 1.54) is 12.1 Å². The zero-order valence-corrected chi connectivity index (χ0v) is 10.4. The summed E-state index contributed by atoms with van der Waals surface area (Å²) in [6.45, 7) is 1.88. The van der Waals surface area contributed by atoms with E-state index in [1.54, 1.807) is 12.1 Å². The van der Waals surface area contributed by atoms with Crippen molar-refractivity contribution in [3.63, 3.8) is 0 Å². The molecule has 68 valence electrons. The van der Waals surface area contributed by atoms with Gasteiger partial charge in [0, 0.05) is 0 Å². The van der Waals surface area contributed by atoms with Crippen LogP contribution in [-0.2, 0) is 4.57 Å². The SMILES string of the molecule is Cc1ccc(OP(=O)(O)O)cc1.[H-].[Na+]. The summed E-state index contributed by atoms with van der Waals surface area (Å²) >= 11 is 0. The van der Waals surface area contributed by atoms with Crippen molar-refractivity contribution in [3.05, 3.63) is 29.8 Å². The molecule has 0 bridgehead atoms. The average Bonchev–Trinajstić information content (AvgIpc) is 1.91. The summed E-state index contributed by atoms with van der Waals surface area (Å²) < 4.78 is 14.7. The van der Waals surface area contributed by atoms with Gasteiger partial charge in [-0.05, 0) is 19.1 Å². The van der Waals surface area contributed by atoms with Gasteiger partial charge in [-0.15, -0.1) is 0 Å². The van der Waals surface area contributed by atoms with E-state index in [0.29, 0.717) is 0 Å². The summed E-state index contributed by atoms with van der Waals surface area (Å²) in [5, 5.41) is 0. The second-order valence-corrected chi connectivity index (χ2v) is 3.56. The second-order valence-electron chi connectivity index (χ2n) is 2.39. The Balaban J connectivity index is 0. The molecule has 0 aliphatic heterocycles. The Bertz CT molecular complexity index is 310. The number of hydrogen-bond donors (Lipinski definition) is 2. The smallest absolute Gasteiger partial charge is 1.00 e. The minimum atomic E-state index is -4.40. The maximum absolute atomic E-state index is 10.4. The molecule has 0 aliphatic carbocycles. The van der Waals surface area contributed by atoms with Gasteiger partial charge in [0.2, 0.25) is 0 Å². The quantitative estimate of drug-likeness (QED) is 0.466. The largest absolute Gasteiger partial charge is 1.00 e. The van der Waals surface area contributed by atoms with Crippen molar-refractivity contribution in [2.45, 2.75) is 6.92 Å². The van der Waals surface area contributed by atoms with Crippen molar-refractivity contribution >= 4 is 7.82 Å². The second kappa shape index (κ2) is 5.15. The summed E-state index contributed by atoms with van der Waals surface area (Å²) in [4.78, 5) is 16.9. The molecule has 0 unspecified atom stereocenters. The topological polar surface area (TPSA) is 66.8 Å². The Morgan fingerprint density at radius 2 is 1.77 bits per heavy atom. The minimum Gasteiger partial charge on any atom is -1.00 e. The summed E-state index contributed by atoms with van der Waals surface area (Å²) in [5.74, 6) is 0.175. The summed E-state index contributed by atoms with van der Waals surface area (Å²) in [7, 11) is -4.40. The van der Waals surface area contributed by atoms with Crippen LogP contribution in [0.15, 0.2) is 24.3 Å². The van der Waals surface area contributed by atoms with E-state index in [1.807, 2.05) is 6.92 Å². The number of hydrogen-bond acceptors (Lipinski definition) is 2. The van der Waals surface area contributed by atoms with Gasteiger partial charge in [0.05, 0.1) is 0 Å². The molecule has 4 nitrogen and oxygen atoms in total. The first-order valence-electron chi connectivity index (χ1n) is 3.29. The molecule has 6 heteroatoms. The third-order valence-corrected chi connectivity index (χ3v) is 1.69. The predicted octanol–water partition coefficient (Wildman–Crippen LogP) is -1.42. The summed E-state index contributed by atoms with van der Waals surface area (Å²) in [6, 6.07) is 6.44. The Hall–Kier alpha value is 0.170. The van der Waals surface area contributed by atoms with Crippen LogP contribution in [0.4, 0.5) is 0 Å². The molecule has 0 aromatic heterocycles. The molecule has 0 heterocycles. The number of phosphoric ester groups is 1. The van der Waals surface area contributed by atoms with Crippen LogP contribution in [-0.4, -0.2) is 9.79 Å².